The van der Waals surface area contributed by atoms with Crippen molar-refractivity contribution in [3.05, 3.63) is 169 Å². The Bertz CT molecular complexity index is 3350. The Morgan fingerprint density at radius 3 is 1.79 bits per heavy atom. The van der Waals surface area contributed by atoms with Crippen LogP contribution in [0.2, 0.25) is 0 Å². The largest absolute Gasteiger partial charge is 0.309 e. The topological polar surface area (TPSA) is 35.1 Å². The maximum absolute atomic E-state index is 5.30. The van der Waals surface area contributed by atoms with Gasteiger partial charge in [-0.25, -0.2) is 9.97 Å². The van der Waals surface area contributed by atoms with E-state index in [2.05, 4.69) is 178 Å². The number of hydrogen-bond donors (Lipinski definition) is 0. The van der Waals surface area contributed by atoms with Crippen molar-refractivity contribution in [2.45, 2.75) is 0 Å². The molecule has 53 heavy (non-hydrogen) atoms. The molecule has 7 aromatic carbocycles. The highest BCUT2D eigenvalue weighted by atomic mass is 32.1. The number of fused-ring (bicyclic) bond motifs is 10. The molecule has 0 saturated carbocycles. The fourth-order valence-electron chi connectivity index (χ4n) is 8.59. The lowest BCUT2D eigenvalue weighted by Gasteiger charge is -2.12. The predicted octanol–water partition coefficient (Wildman–Crippen LogP) is 12.9. The summed E-state index contributed by atoms with van der Waals surface area (Å²) in [5.74, 6) is 0.717. The van der Waals surface area contributed by atoms with Crippen molar-refractivity contribution >= 4 is 81.5 Å². The summed E-state index contributed by atoms with van der Waals surface area (Å²) in [6.45, 7) is 0. The standard InChI is InChI=1S/C48H28N4S/c1-5-16-41-38(15-1)45(29-20-22-33(23-21-29)51-42-17-6-2-12-34(42)35-13-3-7-18-43(35)51)50-47(49-41)31-11-9-10-30(26-31)32-27-39-36-14-4-8-19-44(36)52-46(39)40(28-32)37-24-25-53-48(37)52/h1-28H. The van der Waals surface area contributed by atoms with Crippen LogP contribution in [0.15, 0.2) is 169 Å². The average Bonchev–Trinajstić information content (AvgIpc) is 3.99. The van der Waals surface area contributed by atoms with Crippen molar-refractivity contribution in [3.8, 4) is 39.5 Å². The van der Waals surface area contributed by atoms with Gasteiger partial charge in [0.25, 0.3) is 0 Å². The van der Waals surface area contributed by atoms with E-state index < -0.39 is 0 Å². The van der Waals surface area contributed by atoms with Crippen molar-refractivity contribution in [2.75, 3.05) is 0 Å². The van der Waals surface area contributed by atoms with Crippen LogP contribution in [0.1, 0.15) is 0 Å². The van der Waals surface area contributed by atoms with E-state index in [1.165, 1.54) is 64.8 Å². The maximum atomic E-state index is 5.30. The molecule has 0 spiro atoms. The van der Waals surface area contributed by atoms with E-state index in [-0.39, 0.29) is 0 Å². The van der Waals surface area contributed by atoms with Crippen molar-refractivity contribution in [3.63, 3.8) is 0 Å². The molecule has 0 aliphatic rings. The zero-order valence-corrected chi connectivity index (χ0v) is 29.2. The number of benzene rings is 7. The second-order valence-corrected chi connectivity index (χ2v) is 14.7. The molecule has 0 radical (unpaired) electrons. The lowest BCUT2D eigenvalue weighted by Crippen LogP contribution is -1.97. The van der Waals surface area contributed by atoms with Gasteiger partial charge >= 0.3 is 0 Å². The van der Waals surface area contributed by atoms with Crippen LogP contribution in [-0.2, 0) is 0 Å². The Kier molecular flexibility index (Phi) is 5.90. The van der Waals surface area contributed by atoms with E-state index in [1.807, 2.05) is 11.3 Å². The molecule has 0 amide bonds. The van der Waals surface area contributed by atoms with Crippen LogP contribution in [0.3, 0.4) is 0 Å². The number of hydrogen-bond acceptors (Lipinski definition) is 3. The molecule has 0 atom stereocenters. The van der Waals surface area contributed by atoms with Gasteiger partial charge in [-0.15, -0.1) is 11.3 Å². The maximum Gasteiger partial charge on any atom is 0.160 e. The van der Waals surface area contributed by atoms with Crippen molar-refractivity contribution in [1.29, 1.82) is 0 Å². The first-order valence-corrected chi connectivity index (χ1v) is 18.8. The molecule has 0 aliphatic heterocycles. The van der Waals surface area contributed by atoms with Crippen LogP contribution in [0.5, 0.6) is 0 Å². The van der Waals surface area contributed by atoms with Crippen LogP contribution >= 0.6 is 11.3 Å². The second kappa shape index (κ2) is 10.8. The van der Waals surface area contributed by atoms with Crippen LogP contribution in [0.25, 0.3) is 110 Å². The number of nitrogens with zero attached hydrogens (tertiary/aromatic N) is 4. The zero-order valence-electron chi connectivity index (χ0n) is 28.4. The minimum atomic E-state index is 0.717. The Morgan fingerprint density at radius 2 is 1.04 bits per heavy atom. The Labute approximate surface area is 307 Å². The molecule has 5 heterocycles. The highest BCUT2D eigenvalue weighted by Gasteiger charge is 2.20. The second-order valence-electron chi connectivity index (χ2n) is 13.8. The van der Waals surface area contributed by atoms with Crippen molar-refractivity contribution in [2.24, 2.45) is 0 Å². The van der Waals surface area contributed by atoms with E-state index in [0.29, 0.717) is 0 Å². The van der Waals surface area contributed by atoms with Gasteiger partial charge < -0.3 is 4.57 Å². The third-order valence-corrected chi connectivity index (χ3v) is 11.8. The molecule has 0 aliphatic carbocycles. The molecule has 0 N–H and O–H groups in total. The summed E-state index contributed by atoms with van der Waals surface area (Å²) in [6, 6.07) is 58.9. The summed E-state index contributed by atoms with van der Waals surface area (Å²) in [7, 11) is 0. The highest BCUT2D eigenvalue weighted by molar-refractivity contribution is 7.17. The third-order valence-electron chi connectivity index (χ3n) is 10.9. The van der Waals surface area contributed by atoms with E-state index in [1.54, 1.807) is 0 Å². The van der Waals surface area contributed by atoms with Gasteiger partial charge in [0, 0.05) is 54.5 Å². The molecule has 4 nitrogen and oxygen atoms in total. The van der Waals surface area contributed by atoms with Crippen molar-refractivity contribution in [1.82, 2.24) is 18.9 Å². The molecule has 12 aromatic rings. The van der Waals surface area contributed by atoms with Gasteiger partial charge in [-0.3, -0.25) is 4.40 Å². The summed E-state index contributed by atoms with van der Waals surface area (Å²) >= 11 is 1.81. The fourth-order valence-corrected chi connectivity index (χ4v) is 9.53. The third kappa shape index (κ3) is 4.11. The van der Waals surface area contributed by atoms with Crippen LogP contribution in [0.4, 0.5) is 0 Å². The van der Waals surface area contributed by atoms with Gasteiger partial charge in [0.15, 0.2) is 5.82 Å². The van der Waals surface area contributed by atoms with Crippen LogP contribution in [-0.4, -0.2) is 18.9 Å². The lowest BCUT2D eigenvalue weighted by molar-refractivity contribution is 1.18. The van der Waals surface area contributed by atoms with Gasteiger partial charge in [0.1, 0.15) is 4.83 Å². The molecular formula is C48H28N4S. The summed E-state index contributed by atoms with van der Waals surface area (Å²) in [6.07, 6.45) is 0. The minimum Gasteiger partial charge on any atom is -0.309 e. The van der Waals surface area contributed by atoms with Crippen LogP contribution in [0, 0.1) is 0 Å². The first kappa shape index (κ1) is 28.8. The fraction of sp³-hybridized carbons (Fsp3) is 0. The molecule has 0 saturated heterocycles. The number of thiophene rings is 1. The summed E-state index contributed by atoms with van der Waals surface area (Å²) in [5, 5.41) is 10.9. The molecule has 12 rings (SSSR count). The highest BCUT2D eigenvalue weighted by Crippen LogP contribution is 2.43. The summed E-state index contributed by atoms with van der Waals surface area (Å²) < 4.78 is 4.80. The first-order chi connectivity index (χ1) is 26.3. The Balaban J connectivity index is 0.996. The van der Waals surface area contributed by atoms with Gasteiger partial charge in [-0.1, -0.05) is 103 Å². The predicted molar refractivity (Wildman–Crippen MR) is 223 cm³/mol. The molecule has 0 unspecified atom stereocenters. The zero-order chi connectivity index (χ0) is 34.6. The number of aromatic nitrogens is 4. The Morgan fingerprint density at radius 1 is 0.415 bits per heavy atom. The summed E-state index contributed by atoms with van der Waals surface area (Å²) in [5.41, 5.74) is 12.3. The van der Waals surface area contributed by atoms with Gasteiger partial charge in [0.2, 0.25) is 0 Å². The van der Waals surface area contributed by atoms with Crippen LogP contribution < -0.4 is 0 Å². The van der Waals surface area contributed by atoms with Gasteiger partial charge in [-0.2, -0.15) is 0 Å². The quantitative estimate of drug-likeness (QED) is 0.184. The van der Waals surface area contributed by atoms with E-state index in [0.717, 1.165) is 44.8 Å². The van der Waals surface area contributed by atoms with Gasteiger partial charge in [-0.05, 0) is 77.2 Å². The monoisotopic (exact) mass is 692 g/mol. The van der Waals surface area contributed by atoms with Crippen molar-refractivity contribution < 1.29 is 0 Å². The molecule has 0 bridgehead atoms. The number of para-hydroxylation sites is 4. The molecule has 246 valence electrons. The molecule has 5 aromatic heterocycles. The minimum absolute atomic E-state index is 0.717. The summed E-state index contributed by atoms with van der Waals surface area (Å²) in [4.78, 5) is 11.7. The molecule has 0 fully saturated rings. The molecular weight excluding hydrogens is 665 g/mol. The normalized spacial score (nSPS) is 12.2. The smallest absolute Gasteiger partial charge is 0.160 e. The lowest BCUT2D eigenvalue weighted by atomic mass is 9.98. The van der Waals surface area contributed by atoms with E-state index in [4.69, 9.17) is 9.97 Å². The first-order valence-electron chi connectivity index (χ1n) is 17.9. The average molecular weight is 693 g/mol. The van der Waals surface area contributed by atoms with Gasteiger partial charge in [0.05, 0.1) is 33.3 Å². The molecule has 5 heteroatoms. The SMILES string of the molecule is c1cc(-c2cc3c4ccccc4n4c5sccc5c(c2)c34)cc(-c2nc(-c3ccc(-n4c5ccccc5c5ccccc54)cc3)c3ccccc3n2)c1. The van der Waals surface area contributed by atoms with E-state index in [9.17, 15) is 0 Å². The number of rotatable bonds is 4. The Hall–Kier alpha value is -6.82. The van der Waals surface area contributed by atoms with E-state index >= 15 is 0 Å².